The molecule has 12 heteroatoms. The van der Waals surface area contributed by atoms with E-state index in [0.29, 0.717) is 22.8 Å². The van der Waals surface area contributed by atoms with Crippen LogP contribution in [0, 0.1) is 17.2 Å². The summed E-state index contributed by atoms with van der Waals surface area (Å²) in [6.45, 7) is 0.167. The van der Waals surface area contributed by atoms with E-state index in [1.165, 1.54) is 12.1 Å². The van der Waals surface area contributed by atoms with Gasteiger partial charge in [0.25, 0.3) is 0 Å². The van der Waals surface area contributed by atoms with Gasteiger partial charge in [0.05, 0.1) is 16.5 Å². The van der Waals surface area contributed by atoms with Gasteiger partial charge in [-0.15, -0.1) is 0 Å². The molecule has 4 N–H and O–H groups in total. The quantitative estimate of drug-likeness (QED) is 0.255. The third kappa shape index (κ3) is 7.60. The third-order valence-electron chi connectivity index (χ3n) is 7.88. The highest BCUT2D eigenvalue weighted by atomic mass is 32.2. The average Bonchev–Trinajstić information content (AvgIpc) is 3.72. The van der Waals surface area contributed by atoms with E-state index in [-0.39, 0.29) is 37.2 Å². The van der Waals surface area contributed by atoms with Crippen molar-refractivity contribution in [3.05, 3.63) is 83.4 Å². The van der Waals surface area contributed by atoms with E-state index in [2.05, 4.69) is 11.4 Å². The largest absolute Gasteiger partial charge is 0.489 e. The Morgan fingerprint density at radius 3 is 2.52 bits per heavy atom. The van der Waals surface area contributed by atoms with Crippen LogP contribution in [0.3, 0.4) is 0 Å². The molecule has 1 aliphatic carbocycles. The first-order valence-electron chi connectivity index (χ1n) is 14.4. The maximum atomic E-state index is 13.8. The predicted molar refractivity (Wildman–Crippen MR) is 160 cm³/mol. The Morgan fingerprint density at radius 1 is 1.05 bits per heavy atom. The van der Waals surface area contributed by atoms with Crippen molar-refractivity contribution in [3.8, 4) is 23.3 Å². The summed E-state index contributed by atoms with van der Waals surface area (Å²) >= 11 is 0. The molecule has 44 heavy (non-hydrogen) atoms. The molecule has 0 aromatic heterocycles. The Labute approximate surface area is 256 Å². The number of nitrogens with zero attached hydrogens (tertiary/aromatic N) is 1. The molecule has 0 bridgehead atoms. The topological polar surface area (TPSA) is 170 Å². The number of carbonyl (C=O) groups excluding carboxylic acids is 1. The Kier molecular flexibility index (Phi) is 9.89. The second-order valence-electron chi connectivity index (χ2n) is 10.9. The summed E-state index contributed by atoms with van der Waals surface area (Å²) in [4.78, 5) is 11.8. The maximum absolute atomic E-state index is 13.8. The van der Waals surface area contributed by atoms with Crippen molar-refractivity contribution in [2.75, 3.05) is 13.3 Å². The van der Waals surface area contributed by atoms with Gasteiger partial charge >= 0.3 is 6.09 Å². The van der Waals surface area contributed by atoms with Gasteiger partial charge in [0.1, 0.15) is 29.9 Å². The Hall–Kier alpha value is -4.31. The number of hydrogen-bond donors (Lipinski definition) is 3. The minimum atomic E-state index is -3.86. The highest BCUT2D eigenvalue weighted by Gasteiger charge is 2.38. The number of carbonyl (C=O) groups is 1. The molecule has 3 unspecified atom stereocenters. The molecule has 1 saturated carbocycles. The van der Waals surface area contributed by atoms with Gasteiger partial charge in [-0.05, 0) is 66.3 Å². The van der Waals surface area contributed by atoms with Crippen LogP contribution in [-0.4, -0.2) is 50.5 Å². The number of nitriles is 1. The number of rotatable bonds is 13. The number of benzene rings is 3. The second-order valence-corrected chi connectivity index (χ2v) is 13.0. The van der Waals surface area contributed by atoms with Crippen molar-refractivity contribution in [1.82, 2.24) is 5.32 Å². The van der Waals surface area contributed by atoms with Gasteiger partial charge in [-0.25, -0.2) is 13.2 Å². The number of primary amides is 1. The molecule has 2 aliphatic rings. The fourth-order valence-electron chi connectivity index (χ4n) is 5.62. The molecule has 1 aliphatic heterocycles. The molecule has 5 rings (SSSR count). The van der Waals surface area contributed by atoms with E-state index in [1.54, 1.807) is 48.5 Å². The van der Waals surface area contributed by atoms with E-state index in [1.807, 2.05) is 6.07 Å². The molecule has 3 atom stereocenters. The van der Waals surface area contributed by atoms with Crippen molar-refractivity contribution in [2.24, 2.45) is 11.7 Å². The van der Waals surface area contributed by atoms with Crippen LogP contribution in [0.2, 0.25) is 0 Å². The van der Waals surface area contributed by atoms with Crippen LogP contribution in [0.15, 0.2) is 71.6 Å². The molecule has 3 aromatic carbocycles. The highest BCUT2D eigenvalue weighted by Crippen LogP contribution is 2.37. The van der Waals surface area contributed by atoms with Gasteiger partial charge in [-0.3, -0.25) is 5.32 Å². The standard InChI is InChI=1S/C32H35N3O8S/c33-17-22-4-3-5-23(14-22)19-40-25-10-8-21(9-11-25)15-29(43-32(34)37)27(36)18-35-31(24-6-1-2-7-24)44(38,39)26-12-13-28-30(16-26)42-20-41-28/h3-5,8-14,16,24,27,29,31,35-36H,1-2,6-7,15,18-20H2,(H2,34,37). The van der Waals surface area contributed by atoms with Crippen LogP contribution >= 0.6 is 0 Å². The number of amides is 1. The number of hydrogen-bond acceptors (Lipinski definition) is 10. The van der Waals surface area contributed by atoms with Gasteiger partial charge in [-0.1, -0.05) is 37.1 Å². The molecular weight excluding hydrogens is 586 g/mol. The van der Waals surface area contributed by atoms with Crippen LogP contribution in [0.25, 0.3) is 0 Å². The number of nitrogens with two attached hydrogens (primary N) is 1. The lowest BCUT2D eigenvalue weighted by Gasteiger charge is -2.28. The fourth-order valence-corrected chi connectivity index (χ4v) is 7.53. The highest BCUT2D eigenvalue weighted by molar-refractivity contribution is 7.92. The lowest BCUT2D eigenvalue weighted by Crippen LogP contribution is -2.48. The van der Waals surface area contributed by atoms with E-state index in [9.17, 15) is 18.3 Å². The minimum absolute atomic E-state index is 0.0319. The minimum Gasteiger partial charge on any atom is -0.489 e. The van der Waals surface area contributed by atoms with Crippen molar-refractivity contribution in [2.45, 2.75) is 61.2 Å². The zero-order chi connectivity index (χ0) is 31.1. The monoisotopic (exact) mass is 621 g/mol. The number of aliphatic hydroxyl groups is 1. The molecule has 3 aromatic rings. The lowest BCUT2D eigenvalue weighted by atomic mass is 10.0. The molecule has 0 saturated heterocycles. The van der Waals surface area contributed by atoms with Gasteiger partial charge in [0, 0.05) is 19.0 Å². The van der Waals surface area contributed by atoms with Gasteiger partial charge in [0.2, 0.25) is 6.79 Å². The zero-order valence-electron chi connectivity index (χ0n) is 24.1. The Balaban J connectivity index is 1.24. The van der Waals surface area contributed by atoms with Crippen LogP contribution < -0.4 is 25.3 Å². The number of sulfone groups is 1. The number of ether oxygens (including phenoxy) is 4. The van der Waals surface area contributed by atoms with Gasteiger partial charge < -0.3 is 29.8 Å². The van der Waals surface area contributed by atoms with E-state index in [4.69, 9.17) is 29.9 Å². The molecule has 0 radical (unpaired) electrons. The van der Waals surface area contributed by atoms with Crippen LogP contribution in [0.1, 0.15) is 42.4 Å². The average molecular weight is 622 g/mol. The van der Waals surface area contributed by atoms with E-state index in [0.717, 1.165) is 36.8 Å². The summed E-state index contributed by atoms with van der Waals surface area (Å²) in [5, 5.41) is 22.3. The van der Waals surface area contributed by atoms with Crippen molar-refractivity contribution in [3.63, 3.8) is 0 Å². The van der Waals surface area contributed by atoms with E-state index < -0.39 is 33.5 Å². The molecule has 1 heterocycles. The van der Waals surface area contributed by atoms with Crippen LogP contribution in [0.5, 0.6) is 17.2 Å². The molecule has 11 nitrogen and oxygen atoms in total. The number of aliphatic hydroxyl groups excluding tert-OH is 1. The van der Waals surface area contributed by atoms with Gasteiger partial charge in [0.15, 0.2) is 21.3 Å². The van der Waals surface area contributed by atoms with Gasteiger partial charge in [-0.2, -0.15) is 5.26 Å². The molecule has 0 spiro atoms. The maximum Gasteiger partial charge on any atom is 0.404 e. The summed E-state index contributed by atoms with van der Waals surface area (Å²) < 4.78 is 49.4. The van der Waals surface area contributed by atoms with E-state index >= 15 is 0 Å². The van der Waals surface area contributed by atoms with Crippen molar-refractivity contribution < 1.29 is 37.3 Å². The normalized spacial score (nSPS) is 16.5. The number of nitrogens with one attached hydrogen (secondary N) is 1. The Morgan fingerprint density at radius 2 is 1.80 bits per heavy atom. The number of fused-ring (bicyclic) bond motifs is 1. The van der Waals surface area contributed by atoms with Crippen LogP contribution in [0.4, 0.5) is 4.79 Å². The zero-order valence-corrected chi connectivity index (χ0v) is 24.9. The Bertz CT molecular complexity index is 1600. The molecule has 1 fully saturated rings. The first-order chi connectivity index (χ1) is 21.2. The van der Waals surface area contributed by atoms with Crippen molar-refractivity contribution >= 4 is 15.9 Å². The molecule has 1 amide bonds. The third-order valence-corrected chi connectivity index (χ3v) is 10.0. The summed E-state index contributed by atoms with van der Waals surface area (Å²) in [6, 6.07) is 20.9. The predicted octanol–water partition coefficient (Wildman–Crippen LogP) is 3.81. The van der Waals surface area contributed by atoms with Crippen molar-refractivity contribution in [1.29, 1.82) is 5.26 Å². The van der Waals surface area contributed by atoms with Crippen LogP contribution in [-0.2, 0) is 27.6 Å². The summed E-state index contributed by atoms with van der Waals surface area (Å²) in [5.41, 5.74) is 7.47. The SMILES string of the molecule is N#Cc1cccc(COc2ccc(CC(OC(N)=O)C(O)CNC(C3CCCC3)S(=O)(=O)c3ccc4c(c3)OCO4)cc2)c1. The summed E-state index contributed by atoms with van der Waals surface area (Å²) in [6.07, 6.45) is 0.115. The summed E-state index contributed by atoms with van der Waals surface area (Å²) in [7, 11) is -3.86. The summed E-state index contributed by atoms with van der Waals surface area (Å²) in [5.74, 6) is 1.30. The molecular formula is C32H35N3O8S. The lowest BCUT2D eigenvalue weighted by molar-refractivity contribution is 0.00651. The molecule has 232 valence electrons. The fraction of sp³-hybridized carbons (Fsp3) is 0.375. The second kappa shape index (κ2) is 14.0. The first-order valence-corrected chi connectivity index (χ1v) is 16.0. The first kappa shape index (κ1) is 31.1. The smallest absolute Gasteiger partial charge is 0.404 e.